The van der Waals surface area contributed by atoms with Gasteiger partial charge in [-0.15, -0.1) is 0 Å². The number of rotatable bonds is 6. The van der Waals surface area contributed by atoms with Gasteiger partial charge in [0.15, 0.2) is 0 Å². The van der Waals surface area contributed by atoms with Crippen LogP contribution in [0.5, 0.6) is 5.75 Å². The van der Waals surface area contributed by atoms with Gasteiger partial charge in [-0.2, -0.15) is 0 Å². The Morgan fingerprint density at radius 2 is 2.00 bits per heavy atom. The van der Waals surface area contributed by atoms with Crippen LogP contribution in [0.25, 0.3) is 0 Å². The minimum absolute atomic E-state index is 0.659. The fourth-order valence-electron chi connectivity index (χ4n) is 2.19. The third-order valence-corrected chi connectivity index (χ3v) is 3.25. The number of aryl methyl sites for hydroxylation is 1. The number of aliphatic hydroxyl groups excluding tert-OH is 1. The second-order valence-electron chi connectivity index (χ2n) is 4.76. The van der Waals surface area contributed by atoms with Crippen molar-refractivity contribution in [1.82, 2.24) is 4.98 Å². The highest BCUT2D eigenvalue weighted by Gasteiger charge is 2.14. The van der Waals surface area contributed by atoms with Gasteiger partial charge in [-0.05, 0) is 30.0 Å². The molecule has 106 valence electrons. The van der Waals surface area contributed by atoms with Crippen molar-refractivity contribution >= 4 is 0 Å². The molecule has 2 aromatic rings. The zero-order valence-corrected chi connectivity index (χ0v) is 12.0. The summed E-state index contributed by atoms with van der Waals surface area (Å²) < 4.78 is 5.56. The molecule has 0 saturated heterocycles. The van der Waals surface area contributed by atoms with Gasteiger partial charge in [0, 0.05) is 11.8 Å². The summed E-state index contributed by atoms with van der Waals surface area (Å²) in [6.07, 6.45) is 4.55. The molecule has 0 aliphatic heterocycles. The first-order chi connectivity index (χ1) is 9.76. The Labute approximate surface area is 120 Å². The standard InChI is InChI=1S/C17H21NO2/c1-3-9-20-15-10-14(11-18-12-15)17(19)16-8-6-5-7-13(16)4-2/h5-8,10-12,17,19H,3-4,9H2,1-2H3. The van der Waals surface area contributed by atoms with Crippen LogP contribution < -0.4 is 4.74 Å². The van der Waals surface area contributed by atoms with E-state index in [0.29, 0.717) is 12.4 Å². The fourth-order valence-corrected chi connectivity index (χ4v) is 2.19. The maximum atomic E-state index is 10.6. The molecule has 0 fully saturated rings. The van der Waals surface area contributed by atoms with Crippen molar-refractivity contribution in [1.29, 1.82) is 0 Å². The van der Waals surface area contributed by atoms with E-state index in [1.165, 1.54) is 0 Å². The van der Waals surface area contributed by atoms with E-state index in [9.17, 15) is 5.11 Å². The highest BCUT2D eigenvalue weighted by Crippen LogP contribution is 2.26. The Hall–Kier alpha value is -1.87. The lowest BCUT2D eigenvalue weighted by molar-refractivity contribution is 0.217. The van der Waals surface area contributed by atoms with E-state index in [1.54, 1.807) is 12.4 Å². The van der Waals surface area contributed by atoms with Gasteiger partial charge in [0.2, 0.25) is 0 Å². The molecule has 3 nitrogen and oxygen atoms in total. The van der Waals surface area contributed by atoms with E-state index in [2.05, 4.69) is 18.8 Å². The van der Waals surface area contributed by atoms with E-state index in [0.717, 1.165) is 29.5 Å². The minimum Gasteiger partial charge on any atom is -0.492 e. The summed E-state index contributed by atoms with van der Waals surface area (Å²) in [5.41, 5.74) is 2.85. The van der Waals surface area contributed by atoms with Crippen LogP contribution in [0.15, 0.2) is 42.7 Å². The summed E-state index contributed by atoms with van der Waals surface area (Å²) in [6.45, 7) is 4.81. The van der Waals surface area contributed by atoms with E-state index >= 15 is 0 Å². The number of pyridine rings is 1. The largest absolute Gasteiger partial charge is 0.492 e. The molecule has 1 aromatic carbocycles. The predicted molar refractivity (Wildman–Crippen MR) is 79.9 cm³/mol. The zero-order chi connectivity index (χ0) is 14.4. The average molecular weight is 271 g/mol. The first kappa shape index (κ1) is 14.5. The van der Waals surface area contributed by atoms with Gasteiger partial charge in [0.25, 0.3) is 0 Å². The number of nitrogens with zero attached hydrogens (tertiary/aromatic N) is 1. The van der Waals surface area contributed by atoms with Crippen molar-refractivity contribution in [2.24, 2.45) is 0 Å². The molecule has 0 bridgehead atoms. The van der Waals surface area contributed by atoms with Crippen molar-refractivity contribution in [2.75, 3.05) is 6.61 Å². The molecule has 20 heavy (non-hydrogen) atoms. The van der Waals surface area contributed by atoms with Gasteiger partial charge in [-0.1, -0.05) is 38.1 Å². The smallest absolute Gasteiger partial charge is 0.137 e. The van der Waals surface area contributed by atoms with E-state index in [1.807, 2.05) is 30.3 Å². The molecule has 0 saturated carbocycles. The monoisotopic (exact) mass is 271 g/mol. The van der Waals surface area contributed by atoms with E-state index in [4.69, 9.17) is 4.74 Å². The van der Waals surface area contributed by atoms with Crippen molar-refractivity contribution < 1.29 is 9.84 Å². The van der Waals surface area contributed by atoms with Crippen molar-refractivity contribution in [3.63, 3.8) is 0 Å². The number of hydrogen-bond donors (Lipinski definition) is 1. The van der Waals surface area contributed by atoms with Gasteiger partial charge in [-0.25, -0.2) is 0 Å². The summed E-state index contributed by atoms with van der Waals surface area (Å²) in [7, 11) is 0. The molecule has 0 aliphatic carbocycles. The summed E-state index contributed by atoms with van der Waals surface area (Å²) in [5.74, 6) is 0.706. The summed E-state index contributed by atoms with van der Waals surface area (Å²) in [4.78, 5) is 4.15. The molecule has 0 radical (unpaired) electrons. The molecule has 1 heterocycles. The summed E-state index contributed by atoms with van der Waals surface area (Å²) in [6, 6.07) is 9.81. The Bertz CT molecular complexity index is 554. The third-order valence-electron chi connectivity index (χ3n) is 3.25. The van der Waals surface area contributed by atoms with Crippen molar-refractivity contribution in [2.45, 2.75) is 32.8 Å². The quantitative estimate of drug-likeness (QED) is 0.874. The van der Waals surface area contributed by atoms with Gasteiger partial charge in [-0.3, -0.25) is 4.98 Å². The highest BCUT2D eigenvalue weighted by atomic mass is 16.5. The Morgan fingerprint density at radius 3 is 2.75 bits per heavy atom. The maximum Gasteiger partial charge on any atom is 0.137 e. The highest BCUT2D eigenvalue weighted by molar-refractivity contribution is 5.37. The molecule has 1 atom stereocenters. The van der Waals surface area contributed by atoms with Crippen molar-refractivity contribution in [3.05, 3.63) is 59.4 Å². The topological polar surface area (TPSA) is 42.4 Å². The lowest BCUT2D eigenvalue weighted by Gasteiger charge is -2.15. The third kappa shape index (κ3) is 3.36. The number of ether oxygens (including phenoxy) is 1. The van der Waals surface area contributed by atoms with Crippen LogP contribution >= 0.6 is 0 Å². The van der Waals surface area contributed by atoms with Crippen LogP contribution in [-0.4, -0.2) is 16.7 Å². The minimum atomic E-state index is -0.663. The number of hydrogen-bond acceptors (Lipinski definition) is 3. The van der Waals surface area contributed by atoms with E-state index < -0.39 is 6.10 Å². The molecular formula is C17H21NO2. The van der Waals surface area contributed by atoms with Gasteiger partial charge in [0.05, 0.1) is 12.8 Å². The van der Waals surface area contributed by atoms with Crippen LogP contribution in [0.4, 0.5) is 0 Å². The van der Waals surface area contributed by atoms with Gasteiger partial charge >= 0.3 is 0 Å². The predicted octanol–water partition coefficient (Wildman–Crippen LogP) is 3.51. The lowest BCUT2D eigenvalue weighted by Crippen LogP contribution is -2.05. The summed E-state index contributed by atoms with van der Waals surface area (Å²) in [5, 5.41) is 10.6. The van der Waals surface area contributed by atoms with Crippen LogP contribution in [0.3, 0.4) is 0 Å². The average Bonchev–Trinajstić information content (AvgIpc) is 2.52. The lowest BCUT2D eigenvalue weighted by atomic mass is 9.96. The molecular weight excluding hydrogens is 250 g/mol. The SMILES string of the molecule is CCCOc1cncc(C(O)c2ccccc2CC)c1. The molecule has 0 aliphatic rings. The Kier molecular flexibility index (Phi) is 5.13. The zero-order valence-electron chi connectivity index (χ0n) is 12.0. The van der Waals surface area contributed by atoms with Crippen LogP contribution in [0.1, 0.15) is 43.1 Å². The number of aromatic nitrogens is 1. The number of aliphatic hydroxyl groups is 1. The Balaban J connectivity index is 2.26. The Morgan fingerprint density at radius 1 is 1.20 bits per heavy atom. The van der Waals surface area contributed by atoms with Gasteiger partial charge in [0.1, 0.15) is 11.9 Å². The van der Waals surface area contributed by atoms with Crippen molar-refractivity contribution in [3.8, 4) is 5.75 Å². The first-order valence-electron chi connectivity index (χ1n) is 7.09. The second kappa shape index (κ2) is 7.06. The molecule has 0 amide bonds. The molecule has 1 aromatic heterocycles. The maximum absolute atomic E-state index is 10.6. The van der Waals surface area contributed by atoms with E-state index in [-0.39, 0.29) is 0 Å². The fraction of sp³-hybridized carbons (Fsp3) is 0.353. The molecule has 1 unspecified atom stereocenters. The normalized spacial score (nSPS) is 12.2. The number of benzene rings is 1. The second-order valence-corrected chi connectivity index (χ2v) is 4.76. The van der Waals surface area contributed by atoms with Crippen LogP contribution in [0.2, 0.25) is 0 Å². The van der Waals surface area contributed by atoms with Crippen LogP contribution in [0, 0.1) is 0 Å². The molecule has 0 spiro atoms. The molecule has 2 rings (SSSR count). The molecule has 1 N–H and O–H groups in total. The first-order valence-corrected chi connectivity index (χ1v) is 7.09. The van der Waals surface area contributed by atoms with Crippen LogP contribution in [-0.2, 0) is 6.42 Å². The van der Waals surface area contributed by atoms with Gasteiger partial charge < -0.3 is 9.84 Å². The summed E-state index contributed by atoms with van der Waals surface area (Å²) >= 11 is 0. The molecule has 3 heteroatoms.